The van der Waals surface area contributed by atoms with Crippen LogP contribution in [0.1, 0.15) is 38.2 Å². The molecular formula is C19H25F3N2O3S. The summed E-state index contributed by atoms with van der Waals surface area (Å²) in [5.74, 6) is -0.947. The molecule has 2 saturated heterocycles. The van der Waals surface area contributed by atoms with Crippen LogP contribution in [-0.2, 0) is 21.2 Å². The van der Waals surface area contributed by atoms with Gasteiger partial charge in [0.2, 0.25) is 15.9 Å². The Bertz CT molecular complexity index is 814. The number of anilines is 1. The molecule has 0 aliphatic carbocycles. The number of hydrogen-bond donors (Lipinski definition) is 0. The smallest absolute Gasteiger partial charge is 0.312 e. The highest BCUT2D eigenvalue weighted by molar-refractivity contribution is 7.89. The van der Waals surface area contributed by atoms with E-state index >= 15 is 0 Å². The van der Waals surface area contributed by atoms with Crippen molar-refractivity contribution in [3.8, 4) is 0 Å². The molecule has 28 heavy (non-hydrogen) atoms. The molecule has 5 nitrogen and oxygen atoms in total. The normalized spacial score (nSPS) is 20.9. The first-order chi connectivity index (χ1) is 13.1. The summed E-state index contributed by atoms with van der Waals surface area (Å²) < 4.78 is 62.6. The molecule has 9 heteroatoms. The average molecular weight is 418 g/mol. The molecule has 1 aromatic rings. The minimum absolute atomic E-state index is 0.0101. The van der Waals surface area contributed by atoms with Crippen molar-refractivity contribution in [3.05, 3.63) is 29.8 Å². The van der Waals surface area contributed by atoms with Gasteiger partial charge in [-0.15, -0.1) is 0 Å². The van der Waals surface area contributed by atoms with E-state index in [1.807, 2.05) is 24.3 Å². The van der Waals surface area contributed by atoms with Crippen LogP contribution in [-0.4, -0.2) is 50.2 Å². The fourth-order valence-corrected chi connectivity index (χ4v) is 5.50. The van der Waals surface area contributed by atoms with E-state index < -0.39 is 33.8 Å². The van der Waals surface area contributed by atoms with E-state index in [1.54, 1.807) is 4.90 Å². The van der Waals surface area contributed by atoms with Crippen LogP contribution in [0.4, 0.5) is 18.9 Å². The monoisotopic (exact) mass is 418 g/mol. The van der Waals surface area contributed by atoms with Gasteiger partial charge in [0, 0.05) is 25.3 Å². The van der Waals surface area contributed by atoms with Crippen LogP contribution in [0.15, 0.2) is 24.3 Å². The fraction of sp³-hybridized carbons (Fsp3) is 0.632. The lowest BCUT2D eigenvalue weighted by Gasteiger charge is -2.37. The van der Waals surface area contributed by atoms with Gasteiger partial charge in [-0.05, 0) is 43.4 Å². The van der Waals surface area contributed by atoms with Gasteiger partial charge in [-0.1, -0.05) is 19.1 Å². The Morgan fingerprint density at radius 1 is 1.04 bits per heavy atom. The summed E-state index contributed by atoms with van der Waals surface area (Å²) in [6, 6.07) is 7.83. The highest BCUT2D eigenvalue weighted by Crippen LogP contribution is 2.43. The summed E-state index contributed by atoms with van der Waals surface area (Å²) >= 11 is 0. The third-order valence-corrected chi connectivity index (χ3v) is 7.76. The van der Waals surface area contributed by atoms with Gasteiger partial charge in [-0.2, -0.15) is 13.2 Å². The lowest BCUT2D eigenvalue weighted by molar-refractivity contribution is -0.130. The maximum atomic E-state index is 13.1. The number of piperidine rings is 1. The molecule has 156 valence electrons. The number of sulfonamides is 1. The number of carbonyl (C=O) groups excluding carboxylic acids is 1. The Kier molecular flexibility index (Phi) is 5.78. The first-order valence-corrected chi connectivity index (χ1v) is 11.1. The Morgan fingerprint density at radius 3 is 2.14 bits per heavy atom. The number of aryl methyl sites for hydroxylation is 1. The zero-order valence-electron chi connectivity index (χ0n) is 15.8. The molecule has 3 rings (SSSR count). The largest absolute Gasteiger partial charge is 0.390 e. The summed E-state index contributed by atoms with van der Waals surface area (Å²) in [5.41, 5.74) is 1.40. The van der Waals surface area contributed by atoms with Gasteiger partial charge in [-0.3, -0.25) is 4.79 Å². The van der Waals surface area contributed by atoms with E-state index in [0.717, 1.165) is 16.4 Å². The summed E-state index contributed by atoms with van der Waals surface area (Å²) in [5, 5.41) is 0. The van der Waals surface area contributed by atoms with E-state index in [-0.39, 0.29) is 19.0 Å². The molecule has 2 aliphatic heterocycles. The third-order valence-electron chi connectivity index (χ3n) is 5.89. The topological polar surface area (TPSA) is 57.7 Å². The Balaban J connectivity index is 1.64. The van der Waals surface area contributed by atoms with Gasteiger partial charge in [0.25, 0.3) is 0 Å². The minimum atomic E-state index is -4.50. The van der Waals surface area contributed by atoms with E-state index in [4.69, 9.17) is 0 Å². The number of nitrogens with zero attached hydrogens (tertiary/aromatic N) is 2. The predicted octanol–water partition coefficient (Wildman–Crippen LogP) is 3.35. The molecule has 1 amide bonds. The van der Waals surface area contributed by atoms with E-state index in [9.17, 15) is 26.4 Å². The Hall–Kier alpha value is -1.61. The van der Waals surface area contributed by atoms with Crippen molar-refractivity contribution in [2.24, 2.45) is 5.41 Å². The second-order valence-electron chi connectivity index (χ2n) is 7.59. The highest BCUT2D eigenvalue weighted by atomic mass is 32.2. The Labute approximate surface area is 163 Å². The van der Waals surface area contributed by atoms with Crippen molar-refractivity contribution in [1.82, 2.24) is 4.31 Å². The van der Waals surface area contributed by atoms with Crippen LogP contribution < -0.4 is 4.90 Å². The number of rotatable bonds is 5. The molecule has 0 aromatic heterocycles. The van der Waals surface area contributed by atoms with Gasteiger partial charge in [0.15, 0.2) is 0 Å². The van der Waals surface area contributed by atoms with Gasteiger partial charge in [0.05, 0.1) is 17.6 Å². The molecule has 2 fully saturated rings. The van der Waals surface area contributed by atoms with Crippen molar-refractivity contribution in [2.75, 3.05) is 30.3 Å². The number of carbonyl (C=O) groups is 1. The van der Waals surface area contributed by atoms with Crippen molar-refractivity contribution in [2.45, 2.75) is 45.2 Å². The molecule has 0 bridgehead atoms. The van der Waals surface area contributed by atoms with Crippen molar-refractivity contribution in [3.63, 3.8) is 0 Å². The molecule has 2 aliphatic rings. The van der Waals surface area contributed by atoms with Crippen LogP contribution in [0.25, 0.3) is 0 Å². The maximum Gasteiger partial charge on any atom is 0.390 e. The van der Waals surface area contributed by atoms with Crippen molar-refractivity contribution in [1.29, 1.82) is 0 Å². The number of benzene rings is 1. The quantitative estimate of drug-likeness (QED) is 0.737. The number of amides is 1. The van der Waals surface area contributed by atoms with Crippen molar-refractivity contribution >= 4 is 21.6 Å². The molecule has 1 aromatic carbocycles. The summed E-state index contributed by atoms with van der Waals surface area (Å²) in [7, 11) is -3.97. The van der Waals surface area contributed by atoms with E-state index in [1.165, 1.54) is 5.56 Å². The molecule has 0 unspecified atom stereocenters. The van der Waals surface area contributed by atoms with Gasteiger partial charge in [0.1, 0.15) is 0 Å². The molecule has 0 N–H and O–H groups in total. The molecule has 1 spiro atoms. The van der Waals surface area contributed by atoms with Gasteiger partial charge in [-0.25, -0.2) is 12.7 Å². The standard InChI is InChI=1S/C19H25F3N2O3S/c1-2-15-3-5-16(6-4-15)24-13-9-18(17(24)25)7-11-23(12-8-18)28(26,27)14-10-19(20,21)22/h3-6H,2,7-14H2,1H3. The van der Waals surface area contributed by atoms with E-state index in [0.29, 0.717) is 25.8 Å². The molecule has 0 radical (unpaired) electrons. The van der Waals surface area contributed by atoms with Crippen LogP contribution >= 0.6 is 0 Å². The maximum absolute atomic E-state index is 13.1. The van der Waals surface area contributed by atoms with Crippen molar-refractivity contribution < 1.29 is 26.4 Å². The molecular weight excluding hydrogens is 393 g/mol. The molecule has 0 saturated carbocycles. The van der Waals surface area contributed by atoms with Crippen LogP contribution in [0.2, 0.25) is 0 Å². The summed E-state index contributed by atoms with van der Waals surface area (Å²) in [4.78, 5) is 14.8. The lowest BCUT2D eigenvalue weighted by atomic mass is 9.77. The SMILES string of the molecule is CCc1ccc(N2CCC3(CCN(S(=O)(=O)CCC(F)(F)F)CC3)C2=O)cc1. The Morgan fingerprint density at radius 2 is 1.61 bits per heavy atom. The highest BCUT2D eigenvalue weighted by Gasteiger charge is 2.49. The lowest BCUT2D eigenvalue weighted by Crippen LogP contribution is -2.47. The average Bonchev–Trinajstić information content (AvgIpc) is 2.96. The third kappa shape index (κ3) is 4.35. The van der Waals surface area contributed by atoms with Gasteiger partial charge < -0.3 is 4.90 Å². The van der Waals surface area contributed by atoms with Crippen LogP contribution in [0.5, 0.6) is 0 Å². The number of halogens is 3. The first-order valence-electron chi connectivity index (χ1n) is 9.52. The van der Waals surface area contributed by atoms with E-state index in [2.05, 4.69) is 6.92 Å². The predicted molar refractivity (Wildman–Crippen MR) is 100 cm³/mol. The first kappa shape index (κ1) is 21.1. The zero-order valence-corrected chi connectivity index (χ0v) is 16.7. The number of hydrogen-bond acceptors (Lipinski definition) is 3. The second kappa shape index (κ2) is 7.67. The van der Waals surface area contributed by atoms with Crippen LogP contribution in [0.3, 0.4) is 0 Å². The summed E-state index contributed by atoms with van der Waals surface area (Å²) in [6.07, 6.45) is -3.60. The summed E-state index contributed by atoms with van der Waals surface area (Å²) in [6.45, 7) is 2.82. The zero-order chi connectivity index (χ0) is 20.6. The molecule has 2 heterocycles. The van der Waals surface area contributed by atoms with Gasteiger partial charge >= 0.3 is 6.18 Å². The van der Waals surface area contributed by atoms with Crippen LogP contribution in [0, 0.1) is 5.41 Å². The minimum Gasteiger partial charge on any atom is -0.312 e. The second-order valence-corrected chi connectivity index (χ2v) is 9.68. The fourth-order valence-electron chi connectivity index (χ4n) is 4.01. The molecule has 0 atom stereocenters. The number of alkyl halides is 3.